The van der Waals surface area contributed by atoms with Crippen molar-refractivity contribution in [3.8, 4) is 6.07 Å². The lowest BCUT2D eigenvalue weighted by atomic mass is 10.1. The summed E-state index contributed by atoms with van der Waals surface area (Å²) in [6.07, 6.45) is 0. The molecule has 4 heteroatoms. The molecule has 2 aromatic carbocycles. The standard InChI is InChI=1S/C14H10BrFN2/c15-10-6-7-13(16)12(8-10)14(9-17)18-11-4-2-1-3-5-11/h1-8,14,18H. The van der Waals surface area contributed by atoms with Gasteiger partial charge in [-0.3, -0.25) is 0 Å². The summed E-state index contributed by atoms with van der Waals surface area (Å²) >= 11 is 3.28. The first-order valence-corrected chi connectivity index (χ1v) is 6.16. The molecule has 0 heterocycles. The van der Waals surface area contributed by atoms with E-state index in [1.165, 1.54) is 6.07 Å². The second-order valence-electron chi connectivity index (χ2n) is 3.74. The van der Waals surface area contributed by atoms with Crippen LogP contribution in [0.1, 0.15) is 11.6 Å². The summed E-state index contributed by atoms with van der Waals surface area (Å²) < 4.78 is 14.4. The van der Waals surface area contributed by atoms with E-state index in [9.17, 15) is 4.39 Å². The monoisotopic (exact) mass is 304 g/mol. The van der Waals surface area contributed by atoms with Crippen LogP contribution in [-0.2, 0) is 0 Å². The summed E-state index contributed by atoms with van der Waals surface area (Å²) in [6.45, 7) is 0. The highest BCUT2D eigenvalue weighted by atomic mass is 79.9. The zero-order valence-corrected chi connectivity index (χ0v) is 11.0. The van der Waals surface area contributed by atoms with E-state index in [0.717, 1.165) is 10.2 Å². The number of rotatable bonds is 3. The van der Waals surface area contributed by atoms with E-state index >= 15 is 0 Å². The molecule has 0 aromatic heterocycles. The van der Waals surface area contributed by atoms with Crippen LogP contribution in [0.3, 0.4) is 0 Å². The number of nitrogens with one attached hydrogen (secondary N) is 1. The maximum absolute atomic E-state index is 13.7. The largest absolute Gasteiger partial charge is 0.366 e. The maximum atomic E-state index is 13.7. The third kappa shape index (κ3) is 2.88. The van der Waals surface area contributed by atoms with Crippen molar-refractivity contribution in [3.05, 3.63) is 64.4 Å². The van der Waals surface area contributed by atoms with Gasteiger partial charge in [-0.05, 0) is 30.3 Å². The number of hydrogen-bond acceptors (Lipinski definition) is 2. The van der Waals surface area contributed by atoms with Crippen LogP contribution in [0.25, 0.3) is 0 Å². The fourth-order valence-corrected chi connectivity index (χ4v) is 2.00. The van der Waals surface area contributed by atoms with Gasteiger partial charge in [0.25, 0.3) is 0 Å². The molecule has 1 atom stereocenters. The molecule has 0 bridgehead atoms. The SMILES string of the molecule is N#CC(Nc1ccccc1)c1cc(Br)ccc1F. The topological polar surface area (TPSA) is 35.8 Å². The highest BCUT2D eigenvalue weighted by molar-refractivity contribution is 9.10. The van der Waals surface area contributed by atoms with Crippen LogP contribution in [0.2, 0.25) is 0 Å². The molecule has 1 N–H and O–H groups in total. The lowest BCUT2D eigenvalue weighted by Crippen LogP contribution is -2.10. The number of hydrogen-bond donors (Lipinski definition) is 1. The smallest absolute Gasteiger partial charge is 0.143 e. The minimum absolute atomic E-state index is 0.329. The Hall–Kier alpha value is -1.86. The third-order valence-corrected chi connectivity index (χ3v) is 2.98. The molecule has 0 spiro atoms. The van der Waals surface area contributed by atoms with Crippen LogP contribution < -0.4 is 5.32 Å². The van der Waals surface area contributed by atoms with Gasteiger partial charge < -0.3 is 5.32 Å². The van der Waals surface area contributed by atoms with E-state index in [-0.39, 0.29) is 0 Å². The summed E-state index contributed by atoms with van der Waals surface area (Å²) in [5.41, 5.74) is 1.11. The van der Waals surface area contributed by atoms with E-state index < -0.39 is 11.9 Å². The zero-order valence-electron chi connectivity index (χ0n) is 9.40. The molecule has 1 unspecified atom stereocenters. The number of nitrogens with zero attached hydrogens (tertiary/aromatic N) is 1. The third-order valence-electron chi connectivity index (χ3n) is 2.48. The molecule has 2 nitrogen and oxygen atoms in total. The van der Waals surface area contributed by atoms with Crippen molar-refractivity contribution in [2.75, 3.05) is 5.32 Å². The first-order chi connectivity index (χ1) is 8.70. The highest BCUT2D eigenvalue weighted by Gasteiger charge is 2.15. The van der Waals surface area contributed by atoms with Crippen LogP contribution in [0.4, 0.5) is 10.1 Å². The van der Waals surface area contributed by atoms with Crippen LogP contribution in [-0.4, -0.2) is 0 Å². The summed E-state index contributed by atoms with van der Waals surface area (Å²) in [6, 6.07) is 15.2. The van der Waals surface area contributed by atoms with Gasteiger partial charge in [0.2, 0.25) is 0 Å². The summed E-state index contributed by atoms with van der Waals surface area (Å²) in [7, 11) is 0. The molecule has 2 rings (SSSR count). The molecule has 0 aliphatic rings. The van der Waals surface area contributed by atoms with Gasteiger partial charge in [0.1, 0.15) is 11.9 Å². The minimum atomic E-state index is -0.718. The van der Waals surface area contributed by atoms with Gasteiger partial charge in [0, 0.05) is 15.7 Å². The predicted molar refractivity (Wildman–Crippen MR) is 72.5 cm³/mol. The number of benzene rings is 2. The number of nitriles is 1. The van der Waals surface area contributed by atoms with Crippen molar-refractivity contribution in [1.29, 1.82) is 5.26 Å². The van der Waals surface area contributed by atoms with Gasteiger partial charge in [-0.15, -0.1) is 0 Å². The summed E-state index contributed by atoms with van der Waals surface area (Å²) in [4.78, 5) is 0. The van der Waals surface area contributed by atoms with Gasteiger partial charge in [0.15, 0.2) is 0 Å². The Morgan fingerprint density at radius 2 is 1.89 bits per heavy atom. The molecule has 0 amide bonds. The van der Waals surface area contributed by atoms with E-state index in [4.69, 9.17) is 5.26 Å². The molecular formula is C14H10BrFN2. The van der Waals surface area contributed by atoms with Crippen LogP contribution in [0, 0.1) is 17.1 Å². The van der Waals surface area contributed by atoms with Gasteiger partial charge in [-0.2, -0.15) is 5.26 Å². The Labute approximate surface area is 113 Å². The van der Waals surface area contributed by atoms with Gasteiger partial charge in [0.05, 0.1) is 6.07 Å². The van der Waals surface area contributed by atoms with Crippen LogP contribution in [0.5, 0.6) is 0 Å². The van der Waals surface area contributed by atoms with E-state index in [1.807, 2.05) is 30.3 Å². The molecular weight excluding hydrogens is 295 g/mol. The first kappa shape index (κ1) is 12.6. The summed E-state index contributed by atoms with van der Waals surface area (Å²) in [5.74, 6) is -0.395. The van der Waals surface area contributed by atoms with Crippen molar-refractivity contribution in [2.45, 2.75) is 6.04 Å². The Bertz CT molecular complexity index is 578. The molecule has 18 heavy (non-hydrogen) atoms. The maximum Gasteiger partial charge on any atom is 0.143 e. The summed E-state index contributed by atoms with van der Waals surface area (Å²) in [5, 5.41) is 12.2. The van der Waals surface area contributed by atoms with Crippen LogP contribution >= 0.6 is 15.9 Å². The Balaban J connectivity index is 2.29. The molecule has 0 saturated carbocycles. The quantitative estimate of drug-likeness (QED) is 0.919. The zero-order chi connectivity index (χ0) is 13.0. The average Bonchev–Trinajstić information content (AvgIpc) is 2.40. The van der Waals surface area contributed by atoms with E-state index in [2.05, 4.69) is 27.3 Å². The molecule has 0 aliphatic carbocycles. The number of anilines is 1. The molecule has 2 aromatic rings. The van der Waals surface area contributed by atoms with Gasteiger partial charge >= 0.3 is 0 Å². The molecule has 0 radical (unpaired) electrons. The lowest BCUT2D eigenvalue weighted by molar-refractivity contribution is 0.607. The van der Waals surface area contributed by atoms with E-state index in [0.29, 0.717) is 5.56 Å². The highest BCUT2D eigenvalue weighted by Crippen LogP contribution is 2.24. The van der Waals surface area contributed by atoms with Crippen molar-refractivity contribution in [2.24, 2.45) is 0 Å². The second kappa shape index (κ2) is 5.65. The Morgan fingerprint density at radius 1 is 1.17 bits per heavy atom. The van der Waals surface area contributed by atoms with Crippen molar-refractivity contribution in [1.82, 2.24) is 0 Å². The van der Waals surface area contributed by atoms with E-state index in [1.54, 1.807) is 12.1 Å². The predicted octanol–water partition coefficient (Wildman–Crippen LogP) is 4.26. The minimum Gasteiger partial charge on any atom is -0.366 e. The first-order valence-electron chi connectivity index (χ1n) is 5.37. The molecule has 0 saturated heterocycles. The van der Waals surface area contributed by atoms with Gasteiger partial charge in [-0.25, -0.2) is 4.39 Å². The Kier molecular flexibility index (Phi) is 3.96. The fraction of sp³-hybridized carbons (Fsp3) is 0.0714. The normalized spacial score (nSPS) is 11.6. The average molecular weight is 305 g/mol. The fourth-order valence-electron chi connectivity index (χ4n) is 1.62. The van der Waals surface area contributed by atoms with Gasteiger partial charge in [-0.1, -0.05) is 34.1 Å². The number of para-hydroxylation sites is 1. The molecule has 90 valence electrons. The molecule has 0 fully saturated rings. The second-order valence-corrected chi connectivity index (χ2v) is 4.65. The number of halogens is 2. The molecule has 0 aliphatic heterocycles. The lowest BCUT2D eigenvalue weighted by Gasteiger charge is -2.14. The van der Waals surface area contributed by atoms with Crippen molar-refractivity contribution in [3.63, 3.8) is 0 Å². The van der Waals surface area contributed by atoms with Crippen molar-refractivity contribution >= 4 is 21.6 Å². The van der Waals surface area contributed by atoms with Crippen molar-refractivity contribution < 1.29 is 4.39 Å². The van der Waals surface area contributed by atoms with Crippen LogP contribution in [0.15, 0.2) is 53.0 Å². The Morgan fingerprint density at radius 3 is 2.56 bits per heavy atom.